The predicted octanol–water partition coefficient (Wildman–Crippen LogP) is 4.69. The number of nitrogens with zero attached hydrogens (tertiary/aromatic N) is 1. The van der Waals surface area contributed by atoms with Crippen molar-refractivity contribution in [1.82, 2.24) is 4.31 Å². The number of hydrogen-bond acceptors (Lipinski definition) is 3. The summed E-state index contributed by atoms with van der Waals surface area (Å²) in [6.07, 6.45) is -2.99. The number of carbonyl (C=O) groups is 1. The molecule has 1 amide bonds. The second-order valence-electron chi connectivity index (χ2n) is 7.60. The molecule has 1 saturated heterocycles. The lowest BCUT2D eigenvalue weighted by Gasteiger charge is -2.29. The monoisotopic (exact) mass is 440 g/mol. The predicted molar refractivity (Wildman–Crippen MR) is 108 cm³/mol. The van der Waals surface area contributed by atoms with Crippen molar-refractivity contribution in [1.29, 1.82) is 0 Å². The van der Waals surface area contributed by atoms with Crippen LogP contribution in [0.25, 0.3) is 0 Å². The Balaban J connectivity index is 1.86. The van der Waals surface area contributed by atoms with Crippen molar-refractivity contribution in [2.45, 2.75) is 37.8 Å². The molecule has 0 unspecified atom stereocenters. The average Bonchev–Trinajstić information content (AvgIpc) is 2.68. The zero-order chi connectivity index (χ0) is 22.1. The molecule has 0 atom stereocenters. The third-order valence-electron chi connectivity index (χ3n) is 5.28. The fraction of sp³-hybridized carbons (Fsp3) is 0.381. The lowest BCUT2D eigenvalue weighted by molar-refractivity contribution is -0.137. The number of amides is 1. The summed E-state index contributed by atoms with van der Waals surface area (Å²) in [5, 5.41) is 2.43. The van der Waals surface area contributed by atoms with E-state index >= 15 is 0 Å². The number of aryl methyl sites for hydroxylation is 1. The number of carbonyl (C=O) groups excluding carboxylic acids is 1. The van der Waals surface area contributed by atoms with Gasteiger partial charge in [0.15, 0.2) is 0 Å². The van der Waals surface area contributed by atoms with E-state index in [0.29, 0.717) is 24.6 Å². The molecule has 1 heterocycles. The molecule has 0 saturated carbocycles. The normalized spacial score (nSPS) is 16.4. The molecule has 5 nitrogen and oxygen atoms in total. The van der Waals surface area contributed by atoms with Crippen molar-refractivity contribution in [3.8, 4) is 0 Å². The van der Waals surface area contributed by atoms with E-state index in [1.165, 1.54) is 34.6 Å². The Bertz CT molecular complexity index is 1040. The minimum Gasteiger partial charge on any atom is -0.322 e. The lowest BCUT2D eigenvalue weighted by atomic mass is 10.0. The van der Waals surface area contributed by atoms with Gasteiger partial charge in [-0.1, -0.05) is 19.1 Å². The zero-order valence-electron chi connectivity index (χ0n) is 16.7. The molecule has 1 N–H and O–H groups in total. The van der Waals surface area contributed by atoms with E-state index in [0.717, 1.165) is 25.0 Å². The van der Waals surface area contributed by atoms with E-state index in [9.17, 15) is 26.4 Å². The molecular formula is C21H23F3N2O3S. The van der Waals surface area contributed by atoms with Crippen LogP contribution in [-0.4, -0.2) is 31.7 Å². The summed E-state index contributed by atoms with van der Waals surface area (Å²) < 4.78 is 66.0. The summed E-state index contributed by atoms with van der Waals surface area (Å²) >= 11 is 0. The third-order valence-corrected chi connectivity index (χ3v) is 7.18. The molecular weight excluding hydrogens is 417 g/mol. The molecule has 1 aliphatic heterocycles. The molecule has 9 heteroatoms. The van der Waals surface area contributed by atoms with Gasteiger partial charge in [0.25, 0.3) is 5.91 Å². The minimum absolute atomic E-state index is 0.00292. The smallest absolute Gasteiger partial charge is 0.322 e. The quantitative estimate of drug-likeness (QED) is 0.750. The Hall–Kier alpha value is -2.39. The molecule has 2 aromatic rings. The van der Waals surface area contributed by atoms with Gasteiger partial charge in [-0.3, -0.25) is 4.79 Å². The summed E-state index contributed by atoms with van der Waals surface area (Å²) in [5.41, 5.74) is -0.287. The maximum Gasteiger partial charge on any atom is 0.416 e. The van der Waals surface area contributed by atoms with E-state index in [1.54, 1.807) is 6.92 Å². The van der Waals surface area contributed by atoms with Crippen LogP contribution < -0.4 is 5.32 Å². The van der Waals surface area contributed by atoms with Crippen molar-refractivity contribution in [2.75, 3.05) is 18.4 Å². The third kappa shape index (κ3) is 4.84. The second-order valence-corrected chi connectivity index (χ2v) is 9.53. The number of halogens is 3. The van der Waals surface area contributed by atoms with Crippen LogP contribution in [-0.2, 0) is 16.2 Å². The summed E-state index contributed by atoms with van der Waals surface area (Å²) in [6.45, 7) is 4.55. The minimum atomic E-state index is -4.53. The maximum atomic E-state index is 13.0. The molecule has 2 aromatic carbocycles. The van der Waals surface area contributed by atoms with Crippen molar-refractivity contribution >= 4 is 21.6 Å². The Morgan fingerprint density at radius 2 is 1.77 bits per heavy atom. The molecule has 0 radical (unpaired) electrons. The number of alkyl halides is 3. The van der Waals surface area contributed by atoms with Crippen LogP contribution in [0.4, 0.5) is 18.9 Å². The van der Waals surface area contributed by atoms with Crippen molar-refractivity contribution in [3.05, 3.63) is 59.2 Å². The van der Waals surface area contributed by atoms with Gasteiger partial charge in [0, 0.05) is 24.3 Å². The largest absolute Gasteiger partial charge is 0.416 e. The summed E-state index contributed by atoms with van der Waals surface area (Å²) in [5.74, 6) is -0.209. The van der Waals surface area contributed by atoms with Gasteiger partial charge in [-0.15, -0.1) is 0 Å². The van der Waals surface area contributed by atoms with E-state index < -0.39 is 27.7 Å². The Labute approximate surface area is 173 Å². The number of hydrogen-bond donors (Lipinski definition) is 1. The number of anilines is 1. The van der Waals surface area contributed by atoms with Crippen LogP contribution in [0.1, 0.15) is 41.3 Å². The molecule has 0 aromatic heterocycles. The molecule has 30 heavy (non-hydrogen) atoms. The number of sulfonamides is 1. The highest BCUT2D eigenvalue weighted by atomic mass is 32.2. The standard InChI is InChI=1S/C21H23F3N2O3S/c1-14-8-10-26(11-9-14)30(28,29)18-7-6-15(2)19(13-18)20(27)25-17-5-3-4-16(12-17)21(22,23)24/h3-7,12-14H,8-11H2,1-2H3,(H,25,27). The van der Waals surface area contributed by atoms with Gasteiger partial charge in [-0.05, 0) is 61.6 Å². The van der Waals surface area contributed by atoms with Crippen LogP contribution in [0.2, 0.25) is 0 Å². The number of benzene rings is 2. The van der Waals surface area contributed by atoms with Gasteiger partial charge in [0.05, 0.1) is 10.5 Å². The lowest BCUT2D eigenvalue weighted by Crippen LogP contribution is -2.38. The highest BCUT2D eigenvalue weighted by Gasteiger charge is 2.31. The number of rotatable bonds is 4. The average molecular weight is 440 g/mol. The maximum absolute atomic E-state index is 13.0. The molecule has 3 rings (SSSR count). The van der Waals surface area contributed by atoms with Gasteiger partial charge < -0.3 is 5.32 Å². The van der Waals surface area contributed by atoms with E-state index in [-0.39, 0.29) is 16.1 Å². The summed E-state index contributed by atoms with van der Waals surface area (Å²) in [6, 6.07) is 8.55. The SMILES string of the molecule is Cc1ccc(S(=O)(=O)N2CCC(C)CC2)cc1C(=O)Nc1cccc(C(F)(F)F)c1. The Morgan fingerprint density at radius 1 is 1.10 bits per heavy atom. The molecule has 162 valence electrons. The van der Waals surface area contributed by atoms with E-state index in [2.05, 4.69) is 12.2 Å². The first kappa shape index (κ1) is 22.3. The summed E-state index contributed by atoms with van der Waals surface area (Å²) in [4.78, 5) is 12.7. The van der Waals surface area contributed by atoms with Crippen LogP contribution in [0.15, 0.2) is 47.4 Å². The van der Waals surface area contributed by atoms with Gasteiger partial charge in [0.1, 0.15) is 0 Å². The topological polar surface area (TPSA) is 66.5 Å². The van der Waals surface area contributed by atoms with Crippen molar-refractivity contribution < 1.29 is 26.4 Å². The van der Waals surface area contributed by atoms with Crippen molar-refractivity contribution in [2.24, 2.45) is 5.92 Å². The fourth-order valence-corrected chi connectivity index (χ4v) is 4.85. The van der Waals surface area contributed by atoms with Crippen molar-refractivity contribution in [3.63, 3.8) is 0 Å². The van der Waals surface area contributed by atoms with Gasteiger partial charge in [0.2, 0.25) is 10.0 Å². The highest BCUT2D eigenvalue weighted by molar-refractivity contribution is 7.89. The first-order valence-corrected chi connectivity index (χ1v) is 11.0. The van der Waals surface area contributed by atoms with Crippen LogP contribution in [0.3, 0.4) is 0 Å². The van der Waals surface area contributed by atoms with Crippen LogP contribution >= 0.6 is 0 Å². The van der Waals surface area contributed by atoms with E-state index in [4.69, 9.17) is 0 Å². The fourth-order valence-electron chi connectivity index (χ4n) is 3.35. The second kappa shape index (κ2) is 8.39. The zero-order valence-corrected chi connectivity index (χ0v) is 17.5. The molecule has 0 aliphatic carbocycles. The Kier molecular flexibility index (Phi) is 6.24. The Morgan fingerprint density at radius 3 is 2.40 bits per heavy atom. The van der Waals surface area contributed by atoms with Gasteiger partial charge in [-0.2, -0.15) is 17.5 Å². The molecule has 1 aliphatic rings. The van der Waals surface area contributed by atoms with Gasteiger partial charge >= 0.3 is 6.18 Å². The van der Waals surface area contributed by atoms with Gasteiger partial charge in [-0.25, -0.2) is 8.42 Å². The molecule has 1 fully saturated rings. The van der Waals surface area contributed by atoms with E-state index in [1.807, 2.05) is 0 Å². The number of nitrogens with one attached hydrogen (secondary N) is 1. The first-order chi connectivity index (χ1) is 14.0. The van der Waals surface area contributed by atoms with Crippen LogP contribution in [0, 0.1) is 12.8 Å². The summed E-state index contributed by atoms with van der Waals surface area (Å²) in [7, 11) is -3.75. The number of piperidine rings is 1. The first-order valence-electron chi connectivity index (χ1n) is 9.58. The highest BCUT2D eigenvalue weighted by Crippen LogP contribution is 2.31. The molecule has 0 spiro atoms. The molecule has 0 bridgehead atoms. The van der Waals surface area contributed by atoms with Crippen LogP contribution in [0.5, 0.6) is 0 Å².